The summed E-state index contributed by atoms with van der Waals surface area (Å²) in [5, 5.41) is 15.4. The van der Waals surface area contributed by atoms with Crippen LogP contribution in [0.4, 0.5) is 34.4 Å². The number of benzene rings is 11. The van der Waals surface area contributed by atoms with Crippen molar-refractivity contribution in [3.05, 3.63) is 219 Å². The third-order valence-electron chi connectivity index (χ3n) is 13.8. The monoisotopic (exact) mass is 884 g/mol. The van der Waals surface area contributed by atoms with Crippen LogP contribution in [0.15, 0.2) is 232 Å². The Morgan fingerprint density at radius 3 is 1.19 bits per heavy atom. The SMILES string of the molecule is c1ccc2cc3cc(N(c4ccc5c(c4)oc4ccccc45)c4ccc5c(c4)oc4nc(N(c6ccc7cc8ccccc8cc7c6)c6ccc7c(c6)oc6ccccc67)ncc45)ccc3cc2c1. The van der Waals surface area contributed by atoms with Crippen molar-refractivity contribution in [2.75, 3.05) is 9.80 Å². The first-order valence-electron chi connectivity index (χ1n) is 23.1. The van der Waals surface area contributed by atoms with Gasteiger partial charge in [-0.1, -0.05) is 97.1 Å². The molecule has 0 unspecified atom stereocenters. The van der Waals surface area contributed by atoms with Crippen molar-refractivity contribution in [2.24, 2.45) is 0 Å². The van der Waals surface area contributed by atoms with E-state index in [0.29, 0.717) is 17.2 Å². The van der Waals surface area contributed by atoms with Gasteiger partial charge >= 0.3 is 0 Å². The summed E-state index contributed by atoms with van der Waals surface area (Å²) in [7, 11) is 0. The van der Waals surface area contributed by atoms with Gasteiger partial charge in [0, 0.05) is 74.1 Å². The number of furan rings is 3. The molecule has 0 aliphatic carbocycles. The highest BCUT2D eigenvalue weighted by Gasteiger charge is 2.22. The van der Waals surface area contributed by atoms with Gasteiger partial charge in [-0.15, -0.1) is 0 Å². The van der Waals surface area contributed by atoms with Crippen molar-refractivity contribution >= 4 is 143 Å². The molecule has 7 heteroatoms. The van der Waals surface area contributed by atoms with Crippen LogP contribution in [0.3, 0.4) is 0 Å². The van der Waals surface area contributed by atoms with E-state index in [1.165, 1.54) is 26.9 Å². The fourth-order valence-corrected chi connectivity index (χ4v) is 10.5. The molecule has 322 valence electrons. The Labute approximate surface area is 393 Å². The van der Waals surface area contributed by atoms with Crippen molar-refractivity contribution in [3.63, 3.8) is 0 Å². The number of nitrogens with zero attached hydrogens (tertiary/aromatic N) is 4. The zero-order valence-electron chi connectivity index (χ0n) is 36.8. The van der Waals surface area contributed by atoms with Crippen molar-refractivity contribution in [1.29, 1.82) is 0 Å². The van der Waals surface area contributed by atoms with Gasteiger partial charge in [-0.2, -0.15) is 4.98 Å². The fourth-order valence-electron chi connectivity index (χ4n) is 10.5. The van der Waals surface area contributed by atoms with Crippen LogP contribution in [0.25, 0.3) is 109 Å². The largest absolute Gasteiger partial charge is 0.456 e. The van der Waals surface area contributed by atoms with Gasteiger partial charge in [0.25, 0.3) is 0 Å². The van der Waals surface area contributed by atoms with Crippen LogP contribution < -0.4 is 9.80 Å². The molecule has 11 aromatic carbocycles. The lowest BCUT2D eigenvalue weighted by molar-refractivity contribution is 0.653. The number of hydrogen-bond acceptors (Lipinski definition) is 7. The topological polar surface area (TPSA) is 71.7 Å². The Hall–Kier alpha value is -9.46. The first kappa shape index (κ1) is 37.7. The highest BCUT2D eigenvalue weighted by atomic mass is 16.3. The van der Waals surface area contributed by atoms with Gasteiger partial charge in [0.2, 0.25) is 11.7 Å². The van der Waals surface area contributed by atoms with Crippen LogP contribution in [0, 0.1) is 0 Å². The van der Waals surface area contributed by atoms with Crippen molar-refractivity contribution in [3.8, 4) is 0 Å². The normalized spacial score (nSPS) is 12.1. The molecular weight excluding hydrogens is 849 g/mol. The van der Waals surface area contributed by atoms with Crippen molar-refractivity contribution in [2.45, 2.75) is 0 Å². The molecule has 0 amide bonds. The maximum absolute atomic E-state index is 6.79. The summed E-state index contributed by atoms with van der Waals surface area (Å²) in [6.45, 7) is 0. The van der Waals surface area contributed by atoms with E-state index in [2.05, 4.69) is 192 Å². The minimum Gasteiger partial charge on any atom is -0.456 e. The van der Waals surface area contributed by atoms with Gasteiger partial charge in [-0.3, -0.25) is 4.90 Å². The van der Waals surface area contributed by atoms with E-state index in [0.717, 1.165) is 99.2 Å². The molecule has 0 aliphatic heterocycles. The highest BCUT2D eigenvalue weighted by molar-refractivity contribution is 6.09. The van der Waals surface area contributed by atoms with E-state index in [-0.39, 0.29) is 0 Å². The molecule has 15 aromatic rings. The molecule has 69 heavy (non-hydrogen) atoms. The maximum Gasteiger partial charge on any atom is 0.237 e. The van der Waals surface area contributed by atoms with Gasteiger partial charge in [0.05, 0.1) is 11.1 Å². The smallest absolute Gasteiger partial charge is 0.237 e. The quantitative estimate of drug-likeness (QED) is 0.154. The minimum absolute atomic E-state index is 0.474. The van der Waals surface area contributed by atoms with Crippen LogP contribution in [0.2, 0.25) is 0 Å². The summed E-state index contributed by atoms with van der Waals surface area (Å²) in [6, 6.07) is 74.6. The summed E-state index contributed by atoms with van der Waals surface area (Å²) in [4.78, 5) is 14.7. The lowest BCUT2D eigenvalue weighted by Gasteiger charge is -2.26. The first-order valence-corrected chi connectivity index (χ1v) is 23.1. The molecule has 4 aromatic heterocycles. The predicted octanol–water partition coefficient (Wildman–Crippen LogP) is 17.7. The Balaban J connectivity index is 0.887. The summed E-state index contributed by atoms with van der Waals surface area (Å²) in [6.07, 6.45) is 1.88. The number of anilines is 6. The van der Waals surface area contributed by atoms with Crippen LogP contribution in [0.1, 0.15) is 0 Å². The molecular formula is C62H36N4O3. The summed E-state index contributed by atoms with van der Waals surface area (Å²) < 4.78 is 19.7. The molecule has 0 bridgehead atoms. The van der Waals surface area contributed by atoms with E-state index in [1.54, 1.807) is 0 Å². The van der Waals surface area contributed by atoms with Gasteiger partial charge < -0.3 is 18.2 Å². The van der Waals surface area contributed by atoms with Gasteiger partial charge in [0.1, 0.15) is 27.9 Å². The lowest BCUT2D eigenvalue weighted by Crippen LogP contribution is -2.13. The van der Waals surface area contributed by atoms with E-state index in [1.807, 2.05) is 36.5 Å². The standard InChI is InChI=1S/C62H36N4O3/c1-3-11-39-29-43-31-45(19-17-41(43)27-37(39)9-1)65(47-21-24-52-50-13-5-7-15-56(50)67-58(52)33-47)48-22-26-54-55-36-63-62(64-61(55)69-60(54)34-48)66(49-23-25-53-51-14-6-8-16-57(51)68-59(53)35-49)46-20-18-42-28-38-10-2-4-12-40(38)30-44(42)32-46/h1-36H. The molecule has 0 atom stereocenters. The lowest BCUT2D eigenvalue weighted by atomic mass is 10.0. The van der Waals surface area contributed by atoms with Crippen LogP contribution in [-0.4, -0.2) is 9.97 Å². The van der Waals surface area contributed by atoms with Crippen molar-refractivity contribution < 1.29 is 13.3 Å². The summed E-state index contributed by atoms with van der Waals surface area (Å²) >= 11 is 0. The van der Waals surface area contributed by atoms with E-state index in [4.69, 9.17) is 23.2 Å². The molecule has 0 radical (unpaired) electrons. The molecule has 15 rings (SSSR count). The molecule has 7 nitrogen and oxygen atoms in total. The van der Waals surface area contributed by atoms with Crippen LogP contribution in [-0.2, 0) is 0 Å². The summed E-state index contributed by atoms with van der Waals surface area (Å²) in [5.74, 6) is 0.474. The second-order valence-corrected chi connectivity index (χ2v) is 17.9. The molecule has 0 spiro atoms. The number of hydrogen-bond donors (Lipinski definition) is 0. The Morgan fingerprint density at radius 2 is 0.652 bits per heavy atom. The second kappa shape index (κ2) is 14.5. The number of rotatable bonds is 6. The zero-order valence-corrected chi connectivity index (χ0v) is 36.8. The highest BCUT2D eigenvalue weighted by Crippen LogP contribution is 2.44. The predicted molar refractivity (Wildman–Crippen MR) is 283 cm³/mol. The fraction of sp³-hybridized carbons (Fsp3) is 0. The number of para-hydroxylation sites is 2. The number of fused-ring (bicyclic) bond motifs is 13. The third kappa shape index (κ3) is 6.00. The molecule has 0 saturated heterocycles. The Morgan fingerprint density at radius 1 is 0.275 bits per heavy atom. The first-order chi connectivity index (χ1) is 34.1. The van der Waals surface area contributed by atoms with Crippen LogP contribution >= 0.6 is 0 Å². The van der Waals surface area contributed by atoms with Gasteiger partial charge in [-0.25, -0.2) is 4.98 Å². The van der Waals surface area contributed by atoms with E-state index < -0.39 is 0 Å². The maximum atomic E-state index is 6.79. The van der Waals surface area contributed by atoms with E-state index >= 15 is 0 Å². The van der Waals surface area contributed by atoms with Crippen LogP contribution in [0.5, 0.6) is 0 Å². The average molecular weight is 885 g/mol. The Kier molecular flexibility index (Phi) is 7.94. The molecule has 0 fully saturated rings. The summed E-state index contributed by atoms with van der Waals surface area (Å²) in [5.41, 5.74) is 9.15. The minimum atomic E-state index is 0.474. The van der Waals surface area contributed by atoms with Gasteiger partial charge in [-0.05, 0) is 140 Å². The molecule has 0 N–H and O–H groups in total. The molecule has 4 heterocycles. The van der Waals surface area contributed by atoms with Crippen molar-refractivity contribution in [1.82, 2.24) is 9.97 Å². The number of aromatic nitrogens is 2. The molecule has 0 aliphatic rings. The zero-order chi connectivity index (χ0) is 45.2. The van der Waals surface area contributed by atoms with Gasteiger partial charge in [0.15, 0.2) is 0 Å². The van der Waals surface area contributed by atoms with E-state index in [9.17, 15) is 0 Å². The Bertz CT molecular complexity index is 4310. The average Bonchev–Trinajstić information content (AvgIpc) is 4.08. The second-order valence-electron chi connectivity index (χ2n) is 17.9. The molecule has 0 saturated carbocycles. The third-order valence-corrected chi connectivity index (χ3v) is 13.8.